The Bertz CT molecular complexity index is 2210. The highest BCUT2D eigenvalue weighted by molar-refractivity contribution is 7.86. The minimum Gasteiger partial charge on any atom is -0.355 e. The van der Waals surface area contributed by atoms with E-state index in [9.17, 15) is 25.9 Å². The van der Waals surface area contributed by atoms with Crippen molar-refractivity contribution in [3.05, 3.63) is 140 Å². The second-order valence-corrected chi connectivity index (χ2v) is 16.2. The molecular formula is C41H46N2O6S2. The molecule has 0 aromatic heterocycles. The molecule has 0 bridgehead atoms. The lowest BCUT2D eigenvalue weighted by Crippen LogP contribution is -2.13. The van der Waals surface area contributed by atoms with Crippen LogP contribution in [0.1, 0.15) is 81.0 Å². The van der Waals surface area contributed by atoms with Gasteiger partial charge in [0.05, 0.1) is 9.79 Å². The van der Waals surface area contributed by atoms with Crippen LogP contribution in [-0.4, -0.2) is 25.9 Å². The van der Waals surface area contributed by atoms with Crippen LogP contribution in [0, 0.1) is 41.5 Å². The molecular weight excluding hydrogens is 681 g/mol. The largest absolute Gasteiger partial charge is 0.355 e. The molecule has 0 aliphatic heterocycles. The second-order valence-electron chi connectivity index (χ2n) is 13.4. The van der Waals surface area contributed by atoms with Crippen LogP contribution in [0.2, 0.25) is 0 Å². The molecule has 0 radical (unpaired) electrons. The zero-order valence-corrected chi connectivity index (χ0v) is 32.0. The van der Waals surface area contributed by atoms with Gasteiger partial charge < -0.3 is 10.6 Å². The lowest BCUT2D eigenvalue weighted by Gasteiger charge is -2.25. The van der Waals surface area contributed by atoms with Gasteiger partial charge in [-0.05, 0) is 129 Å². The fourth-order valence-corrected chi connectivity index (χ4v) is 8.47. The number of rotatable bonds is 11. The van der Waals surface area contributed by atoms with Gasteiger partial charge >= 0.3 is 0 Å². The Labute approximate surface area is 302 Å². The molecule has 0 amide bonds. The lowest BCUT2D eigenvalue weighted by molar-refractivity contribution is 0.480. The third-order valence-electron chi connectivity index (χ3n) is 9.43. The summed E-state index contributed by atoms with van der Waals surface area (Å²) in [5, 5.41) is 7.23. The van der Waals surface area contributed by atoms with Gasteiger partial charge in [-0.15, -0.1) is 0 Å². The van der Waals surface area contributed by atoms with Gasteiger partial charge in [0.2, 0.25) is 0 Å². The van der Waals surface area contributed by atoms with Crippen LogP contribution in [0.5, 0.6) is 0 Å². The van der Waals surface area contributed by atoms with Gasteiger partial charge in [0.15, 0.2) is 0 Å². The molecule has 10 heteroatoms. The van der Waals surface area contributed by atoms with Crippen LogP contribution < -0.4 is 10.6 Å². The van der Waals surface area contributed by atoms with E-state index in [-0.39, 0.29) is 5.56 Å². The van der Waals surface area contributed by atoms with Gasteiger partial charge in [0.25, 0.3) is 20.2 Å². The molecule has 0 unspecified atom stereocenters. The second kappa shape index (κ2) is 14.6. The van der Waals surface area contributed by atoms with Crippen LogP contribution in [0.15, 0.2) is 88.7 Å². The number of benzene rings is 5. The number of aryl methyl sites for hydroxylation is 8. The molecule has 0 saturated carbocycles. The summed E-state index contributed by atoms with van der Waals surface area (Å²) in [6.45, 7) is 16.5. The van der Waals surface area contributed by atoms with Gasteiger partial charge in [-0.1, -0.05) is 79.6 Å². The highest BCUT2D eigenvalue weighted by Crippen LogP contribution is 2.40. The van der Waals surface area contributed by atoms with E-state index in [4.69, 9.17) is 0 Å². The van der Waals surface area contributed by atoms with Crippen molar-refractivity contribution in [2.24, 2.45) is 0 Å². The first kappa shape index (κ1) is 37.8. The monoisotopic (exact) mass is 726 g/mol. The summed E-state index contributed by atoms with van der Waals surface area (Å²) in [5.41, 5.74) is 14.3. The van der Waals surface area contributed by atoms with E-state index in [0.29, 0.717) is 12.8 Å². The van der Waals surface area contributed by atoms with E-state index in [1.54, 1.807) is 0 Å². The summed E-state index contributed by atoms with van der Waals surface area (Å²) in [4.78, 5) is -1.23. The molecule has 0 heterocycles. The minimum absolute atomic E-state index is 0.172. The molecule has 268 valence electrons. The number of anilines is 4. The zero-order valence-electron chi connectivity index (χ0n) is 30.3. The fourth-order valence-electron chi connectivity index (χ4n) is 7.13. The van der Waals surface area contributed by atoms with Crippen molar-refractivity contribution in [3.8, 4) is 0 Å². The third kappa shape index (κ3) is 8.20. The summed E-state index contributed by atoms with van der Waals surface area (Å²) in [7, 11) is -9.69. The van der Waals surface area contributed by atoms with Gasteiger partial charge in [-0.2, -0.15) is 16.8 Å². The highest BCUT2D eigenvalue weighted by atomic mass is 32.2. The summed E-state index contributed by atoms with van der Waals surface area (Å²) in [6.07, 6.45) is 1.33. The molecule has 0 spiro atoms. The first-order chi connectivity index (χ1) is 23.9. The molecule has 0 aliphatic carbocycles. The maximum absolute atomic E-state index is 12.9. The average molecular weight is 727 g/mol. The highest BCUT2D eigenvalue weighted by Gasteiger charge is 2.28. The van der Waals surface area contributed by atoms with Gasteiger partial charge in [-0.25, -0.2) is 0 Å². The summed E-state index contributed by atoms with van der Waals surface area (Å²) in [6, 6.07) is 23.7. The Morgan fingerprint density at radius 3 is 1.31 bits per heavy atom. The lowest BCUT2D eigenvalue weighted by atomic mass is 9.83. The quantitative estimate of drug-likeness (QED) is 0.0781. The molecule has 0 saturated heterocycles. The van der Waals surface area contributed by atoms with Crippen molar-refractivity contribution in [2.45, 2.75) is 83.9 Å². The SMILES string of the molecule is CCc1cc(C(c2ccc(Nc3c(C)cc(C)cc3C)c(CC)c2)c2ccc(S(=O)(=O)O)cc2S(=O)(=O)O)ccc1Nc1c(C)cc(C)cc1C. The predicted octanol–water partition coefficient (Wildman–Crippen LogP) is 9.82. The Hall–Kier alpha value is -4.48. The Balaban J connectivity index is 1.71. The molecule has 51 heavy (non-hydrogen) atoms. The fraction of sp³-hybridized carbons (Fsp3) is 0.268. The topological polar surface area (TPSA) is 133 Å². The Morgan fingerprint density at radius 2 is 0.961 bits per heavy atom. The predicted molar refractivity (Wildman–Crippen MR) is 207 cm³/mol. The van der Waals surface area contributed by atoms with Crippen LogP contribution in [0.4, 0.5) is 22.7 Å². The van der Waals surface area contributed by atoms with Crippen molar-refractivity contribution in [1.82, 2.24) is 0 Å². The van der Waals surface area contributed by atoms with Crippen LogP contribution in [0.25, 0.3) is 0 Å². The van der Waals surface area contributed by atoms with Crippen LogP contribution in [0.3, 0.4) is 0 Å². The smallest absolute Gasteiger partial charge is 0.294 e. The van der Waals surface area contributed by atoms with Crippen molar-refractivity contribution in [2.75, 3.05) is 10.6 Å². The molecule has 5 aromatic rings. The number of hydrogen-bond acceptors (Lipinski definition) is 6. The van der Waals surface area contributed by atoms with E-state index in [0.717, 1.165) is 79.4 Å². The number of nitrogens with one attached hydrogen (secondary N) is 2. The van der Waals surface area contributed by atoms with Crippen molar-refractivity contribution < 1.29 is 25.9 Å². The van der Waals surface area contributed by atoms with Crippen LogP contribution >= 0.6 is 0 Å². The Morgan fingerprint density at radius 1 is 0.549 bits per heavy atom. The third-order valence-corrected chi connectivity index (χ3v) is 11.2. The zero-order chi connectivity index (χ0) is 37.4. The molecule has 5 rings (SSSR count). The molecule has 8 nitrogen and oxygen atoms in total. The van der Waals surface area contributed by atoms with E-state index in [1.165, 1.54) is 17.2 Å². The maximum atomic E-state index is 12.9. The van der Waals surface area contributed by atoms with Crippen molar-refractivity contribution >= 4 is 43.0 Å². The van der Waals surface area contributed by atoms with E-state index in [1.807, 2.05) is 50.2 Å². The van der Waals surface area contributed by atoms with E-state index < -0.39 is 35.9 Å². The summed E-state index contributed by atoms with van der Waals surface area (Å²) >= 11 is 0. The van der Waals surface area contributed by atoms with Crippen molar-refractivity contribution in [3.63, 3.8) is 0 Å². The molecule has 4 N–H and O–H groups in total. The Kier molecular flexibility index (Phi) is 10.8. The minimum atomic E-state index is -4.93. The molecule has 0 atom stereocenters. The van der Waals surface area contributed by atoms with Gasteiger partial charge in [-0.3, -0.25) is 9.11 Å². The van der Waals surface area contributed by atoms with Gasteiger partial charge in [0, 0.05) is 28.7 Å². The summed E-state index contributed by atoms with van der Waals surface area (Å²) < 4.78 is 70.1. The number of hydrogen-bond donors (Lipinski definition) is 4. The molecule has 0 aliphatic rings. The van der Waals surface area contributed by atoms with Crippen molar-refractivity contribution in [1.29, 1.82) is 0 Å². The van der Waals surface area contributed by atoms with E-state index in [2.05, 4.69) is 76.4 Å². The standard InChI is InChI=1S/C41H46N2O6S2/c1-9-30-21-32(11-15-36(30)42-40-26(5)17-24(3)18-27(40)6)39(35-14-13-34(50(44,45)46)23-38(35)51(47,48)49)33-12-16-37(31(10-2)22-33)43-41-28(7)19-25(4)20-29(41)8/h11-23,39,42-43H,9-10H2,1-8H3,(H,44,45,46)(H,47,48,49). The normalized spacial score (nSPS) is 12.0. The average Bonchev–Trinajstić information content (AvgIpc) is 3.04. The van der Waals surface area contributed by atoms with E-state index >= 15 is 0 Å². The van der Waals surface area contributed by atoms with Crippen LogP contribution in [-0.2, 0) is 33.1 Å². The van der Waals surface area contributed by atoms with Gasteiger partial charge in [0.1, 0.15) is 0 Å². The summed E-state index contributed by atoms with van der Waals surface area (Å²) in [5.74, 6) is -0.734. The molecule has 0 fully saturated rings. The first-order valence-corrected chi connectivity index (χ1v) is 19.8. The maximum Gasteiger partial charge on any atom is 0.294 e. The molecule has 5 aromatic carbocycles. The first-order valence-electron chi connectivity index (χ1n) is 17.0.